The summed E-state index contributed by atoms with van der Waals surface area (Å²) in [6.45, 7) is 8.71. The van der Waals surface area contributed by atoms with Crippen molar-refractivity contribution in [1.82, 2.24) is 10.6 Å². The molecule has 0 fully saturated rings. The smallest absolute Gasteiger partial charge is 0.166 e. The molecule has 0 atom stereocenters. The van der Waals surface area contributed by atoms with Crippen molar-refractivity contribution in [2.45, 2.75) is 59.3 Å². The Morgan fingerprint density at radius 2 is 1.62 bits per heavy atom. The van der Waals surface area contributed by atoms with E-state index in [4.69, 9.17) is 12.2 Å². The van der Waals surface area contributed by atoms with E-state index in [9.17, 15) is 0 Å². The number of rotatable bonds is 9. The second-order valence-electron chi connectivity index (χ2n) is 4.78. The fourth-order valence-electron chi connectivity index (χ4n) is 1.53. The van der Waals surface area contributed by atoms with Crippen molar-refractivity contribution in [3.05, 3.63) is 0 Å². The highest BCUT2D eigenvalue weighted by Crippen LogP contribution is 2.08. The van der Waals surface area contributed by atoms with Gasteiger partial charge in [0.05, 0.1) is 0 Å². The summed E-state index contributed by atoms with van der Waals surface area (Å²) >= 11 is 5.13. The number of unbranched alkanes of at least 4 members (excludes halogenated alkanes) is 3. The summed E-state index contributed by atoms with van der Waals surface area (Å²) in [6.07, 6.45) is 7.76. The van der Waals surface area contributed by atoms with Crippen LogP contribution < -0.4 is 10.6 Å². The van der Waals surface area contributed by atoms with Gasteiger partial charge >= 0.3 is 0 Å². The van der Waals surface area contributed by atoms with Crippen LogP contribution in [0.1, 0.15) is 59.3 Å². The highest BCUT2D eigenvalue weighted by atomic mass is 32.1. The SMILES string of the molecule is CCCNC(=S)NCCCCCCC(C)C. The number of nitrogens with one attached hydrogen (secondary N) is 2. The average Bonchev–Trinajstić information content (AvgIpc) is 2.24. The molecule has 0 bridgehead atoms. The Morgan fingerprint density at radius 1 is 1.00 bits per heavy atom. The quantitative estimate of drug-likeness (QED) is 0.480. The molecular weight excluding hydrogens is 216 g/mol. The van der Waals surface area contributed by atoms with Crippen molar-refractivity contribution >= 4 is 17.3 Å². The first-order valence-electron chi connectivity index (χ1n) is 6.68. The van der Waals surface area contributed by atoms with Crippen molar-refractivity contribution in [1.29, 1.82) is 0 Å². The standard InChI is InChI=1S/C13H28N2S/c1-4-10-14-13(16)15-11-8-6-5-7-9-12(2)3/h12H,4-11H2,1-3H3,(H2,14,15,16). The average molecular weight is 244 g/mol. The van der Waals surface area contributed by atoms with E-state index in [0.717, 1.165) is 30.5 Å². The van der Waals surface area contributed by atoms with Crippen molar-refractivity contribution in [3.8, 4) is 0 Å². The first-order valence-corrected chi connectivity index (χ1v) is 7.09. The molecule has 2 N–H and O–H groups in total. The lowest BCUT2D eigenvalue weighted by molar-refractivity contribution is 0.519. The van der Waals surface area contributed by atoms with Gasteiger partial charge in [-0.25, -0.2) is 0 Å². The molecule has 0 aromatic heterocycles. The van der Waals surface area contributed by atoms with Gasteiger partial charge in [-0.3, -0.25) is 0 Å². The first-order chi connectivity index (χ1) is 7.66. The summed E-state index contributed by atoms with van der Waals surface area (Å²) in [5.41, 5.74) is 0. The minimum absolute atomic E-state index is 0.809. The van der Waals surface area contributed by atoms with Gasteiger partial charge in [-0.05, 0) is 31.0 Å². The van der Waals surface area contributed by atoms with Crippen molar-refractivity contribution < 1.29 is 0 Å². The number of hydrogen-bond donors (Lipinski definition) is 2. The van der Waals surface area contributed by atoms with Crippen LogP contribution in [0.5, 0.6) is 0 Å². The number of hydrogen-bond acceptors (Lipinski definition) is 1. The maximum atomic E-state index is 5.13. The van der Waals surface area contributed by atoms with Crippen LogP contribution in [0.4, 0.5) is 0 Å². The van der Waals surface area contributed by atoms with Gasteiger partial charge in [0.25, 0.3) is 0 Å². The molecule has 0 unspecified atom stereocenters. The molecule has 0 aliphatic heterocycles. The van der Waals surface area contributed by atoms with E-state index in [1.807, 2.05) is 0 Å². The highest BCUT2D eigenvalue weighted by Gasteiger charge is 1.95. The van der Waals surface area contributed by atoms with E-state index in [1.165, 1.54) is 32.1 Å². The molecule has 96 valence electrons. The maximum Gasteiger partial charge on any atom is 0.166 e. The first kappa shape index (κ1) is 15.7. The van der Waals surface area contributed by atoms with E-state index in [2.05, 4.69) is 31.4 Å². The Morgan fingerprint density at radius 3 is 2.25 bits per heavy atom. The van der Waals surface area contributed by atoms with Gasteiger partial charge in [0.1, 0.15) is 0 Å². The third-order valence-corrected chi connectivity index (χ3v) is 2.82. The molecule has 0 saturated heterocycles. The second kappa shape index (κ2) is 11.2. The van der Waals surface area contributed by atoms with E-state index < -0.39 is 0 Å². The third kappa shape index (κ3) is 11.8. The van der Waals surface area contributed by atoms with Crippen LogP contribution in [-0.4, -0.2) is 18.2 Å². The van der Waals surface area contributed by atoms with Crippen LogP contribution in [0.2, 0.25) is 0 Å². The van der Waals surface area contributed by atoms with Crippen LogP contribution in [0.25, 0.3) is 0 Å². The lowest BCUT2D eigenvalue weighted by Crippen LogP contribution is -2.36. The molecule has 2 nitrogen and oxygen atoms in total. The topological polar surface area (TPSA) is 24.1 Å². The molecule has 0 radical (unpaired) electrons. The molecule has 0 aliphatic carbocycles. The Balaban J connectivity index is 3.11. The summed E-state index contributed by atoms with van der Waals surface area (Å²) in [5, 5.41) is 7.22. The van der Waals surface area contributed by atoms with Crippen LogP contribution in [0.15, 0.2) is 0 Å². The van der Waals surface area contributed by atoms with Gasteiger partial charge in [0.2, 0.25) is 0 Å². The summed E-state index contributed by atoms with van der Waals surface area (Å²) in [4.78, 5) is 0. The molecular formula is C13H28N2S. The molecule has 3 heteroatoms. The monoisotopic (exact) mass is 244 g/mol. The van der Waals surface area contributed by atoms with Crippen molar-refractivity contribution in [3.63, 3.8) is 0 Å². The minimum atomic E-state index is 0.809. The molecule has 0 rings (SSSR count). The predicted octanol–water partition coefficient (Wildman–Crippen LogP) is 3.47. The van der Waals surface area contributed by atoms with Crippen LogP contribution in [0, 0.1) is 5.92 Å². The molecule has 0 aromatic carbocycles. The molecule has 0 amide bonds. The summed E-state index contributed by atoms with van der Waals surface area (Å²) in [5.74, 6) is 0.851. The van der Waals surface area contributed by atoms with Gasteiger partial charge in [-0.1, -0.05) is 46.5 Å². The lowest BCUT2D eigenvalue weighted by Gasteiger charge is -2.09. The molecule has 0 spiro atoms. The van der Waals surface area contributed by atoms with Gasteiger partial charge in [0.15, 0.2) is 5.11 Å². The zero-order chi connectivity index (χ0) is 12.2. The van der Waals surface area contributed by atoms with Crippen molar-refractivity contribution in [2.75, 3.05) is 13.1 Å². The molecule has 16 heavy (non-hydrogen) atoms. The normalized spacial score (nSPS) is 10.5. The fourth-order valence-corrected chi connectivity index (χ4v) is 1.74. The highest BCUT2D eigenvalue weighted by molar-refractivity contribution is 7.80. The molecule has 0 aromatic rings. The molecule has 0 heterocycles. The lowest BCUT2D eigenvalue weighted by atomic mass is 10.0. The Kier molecular flexibility index (Phi) is 11.0. The Hall–Kier alpha value is -0.310. The van der Waals surface area contributed by atoms with Crippen LogP contribution in [0.3, 0.4) is 0 Å². The number of thiocarbonyl (C=S) groups is 1. The summed E-state index contributed by atoms with van der Waals surface area (Å²) < 4.78 is 0. The fraction of sp³-hybridized carbons (Fsp3) is 0.923. The van der Waals surface area contributed by atoms with E-state index in [1.54, 1.807) is 0 Å². The van der Waals surface area contributed by atoms with E-state index in [0.29, 0.717) is 0 Å². The van der Waals surface area contributed by atoms with Gasteiger partial charge in [-0.2, -0.15) is 0 Å². The third-order valence-electron chi connectivity index (χ3n) is 2.53. The summed E-state index contributed by atoms with van der Waals surface area (Å²) in [7, 11) is 0. The molecule has 0 aliphatic rings. The Labute approximate surface area is 107 Å². The van der Waals surface area contributed by atoms with Crippen LogP contribution >= 0.6 is 12.2 Å². The largest absolute Gasteiger partial charge is 0.363 e. The Bertz CT molecular complexity index is 169. The van der Waals surface area contributed by atoms with E-state index >= 15 is 0 Å². The predicted molar refractivity (Wildman–Crippen MR) is 76.8 cm³/mol. The van der Waals surface area contributed by atoms with Crippen molar-refractivity contribution in [2.24, 2.45) is 5.92 Å². The zero-order valence-electron chi connectivity index (χ0n) is 11.1. The van der Waals surface area contributed by atoms with Crippen LogP contribution in [-0.2, 0) is 0 Å². The maximum absolute atomic E-state index is 5.13. The van der Waals surface area contributed by atoms with E-state index in [-0.39, 0.29) is 0 Å². The summed E-state index contributed by atoms with van der Waals surface area (Å²) in [6, 6.07) is 0. The zero-order valence-corrected chi connectivity index (χ0v) is 12.0. The second-order valence-corrected chi connectivity index (χ2v) is 5.19. The van der Waals surface area contributed by atoms with Gasteiger partial charge in [-0.15, -0.1) is 0 Å². The van der Waals surface area contributed by atoms with Gasteiger partial charge < -0.3 is 10.6 Å². The van der Waals surface area contributed by atoms with Gasteiger partial charge in [0, 0.05) is 13.1 Å². The minimum Gasteiger partial charge on any atom is -0.363 e. The molecule has 0 saturated carbocycles.